The number of aliphatic hydroxyl groups is 1. The minimum atomic E-state index is -4.02. The highest BCUT2D eigenvalue weighted by Gasteiger charge is 2.46. The SMILES string of the molecule is CC(C)C(=O)Nc1nc2c(ncn2[C@@H]2O[C@H](COP(O)(O)=S)[C@@H](O)[C@H]2F)c(=O)[nH]1. The Hall–Kier alpha value is -1.80. The van der Waals surface area contributed by atoms with Crippen molar-refractivity contribution in [3.8, 4) is 0 Å². The molecule has 0 radical (unpaired) electrons. The molecular weight excluding hydrogens is 432 g/mol. The summed E-state index contributed by atoms with van der Waals surface area (Å²) in [6.07, 6.45) is -5.21. The fourth-order valence-electron chi connectivity index (χ4n) is 2.67. The summed E-state index contributed by atoms with van der Waals surface area (Å²) in [4.78, 5) is 52.7. The van der Waals surface area contributed by atoms with Gasteiger partial charge in [-0.25, -0.2) is 9.37 Å². The number of carbonyl (C=O) groups is 1. The van der Waals surface area contributed by atoms with Gasteiger partial charge in [0.15, 0.2) is 23.6 Å². The Labute approximate surface area is 167 Å². The van der Waals surface area contributed by atoms with Crippen molar-refractivity contribution in [1.82, 2.24) is 19.5 Å². The number of imidazole rings is 1. The molecule has 1 amide bonds. The Balaban J connectivity index is 1.91. The lowest BCUT2D eigenvalue weighted by molar-refractivity contribution is -0.118. The number of aliphatic hydroxyl groups excluding tert-OH is 1. The molecule has 5 N–H and O–H groups in total. The van der Waals surface area contributed by atoms with E-state index >= 15 is 0 Å². The van der Waals surface area contributed by atoms with Crippen molar-refractivity contribution in [2.24, 2.45) is 5.92 Å². The molecule has 29 heavy (non-hydrogen) atoms. The normalized spacial score (nSPS) is 25.1. The van der Waals surface area contributed by atoms with Gasteiger partial charge in [-0.3, -0.25) is 24.5 Å². The van der Waals surface area contributed by atoms with Gasteiger partial charge in [-0.2, -0.15) is 4.98 Å². The molecule has 1 aliphatic heterocycles. The molecule has 2 aromatic heterocycles. The van der Waals surface area contributed by atoms with Crippen LogP contribution in [0.1, 0.15) is 20.1 Å². The number of alkyl halides is 1. The molecule has 160 valence electrons. The predicted molar refractivity (Wildman–Crippen MR) is 101 cm³/mol. The third-order valence-electron chi connectivity index (χ3n) is 4.17. The van der Waals surface area contributed by atoms with Gasteiger partial charge in [0.05, 0.1) is 12.9 Å². The highest BCUT2D eigenvalue weighted by Crippen LogP contribution is 2.39. The molecule has 0 unspecified atom stereocenters. The number of ether oxygens (including phenoxy) is 1. The number of amides is 1. The Morgan fingerprint density at radius 3 is 2.86 bits per heavy atom. The number of H-pyrrole nitrogens is 1. The average Bonchev–Trinajstić information content (AvgIpc) is 3.15. The van der Waals surface area contributed by atoms with E-state index in [4.69, 9.17) is 14.5 Å². The second kappa shape index (κ2) is 8.14. The summed E-state index contributed by atoms with van der Waals surface area (Å²) in [5, 5.41) is 12.5. The lowest BCUT2D eigenvalue weighted by Gasteiger charge is -2.16. The van der Waals surface area contributed by atoms with Crippen LogP contribution < -0.4 is 10.9 Å². The van der Waals surface area contributed by atoms with Crippen molar-refractivity contribution in [1.29, 1.82) is 0 Å². The lowest BCUT2D eigenvalue weighted by Crippen LogP contribution is -2.31. The van der Waals surface area contributed by atoms with Gasteiger partial charge in [-0.15, -0.1) is 0 Å². The van der Waals surface area contributed by atoms with Gasteiger partial charge in [-0.1, -0.05) is 13.8 Å². The number of hydrogen-bond donors (Lipinski definition) is 5. The smallest absolute Gasteiger partial charge is 0.321 e. The summed E-state index contributed by atoms with van der Waals surface area (Å²) < 4.78 is 25.8. The van der Waals surface area contributed by atoms with Crippen LogP contribution in [0.25, 0.3) is 11.2 Å². The third-order valence-corrected chi connectivity index (χ3v) is 4.97. The molecule has 0 bridgehead atoms. The maximum atomic E-state index is 14.7. The quantitative estimate of drug-likeness (QED) is 0.362. The molecular formula is C14H19FN5O7PS. The molecule has 0 saturated carbocycles. The van der Waals surface area contributed by atoms with E-state index in [1.807, 2.05) is 0 Å². The van der Waals surface area contributed by atoms with Crippen LogP contribution >= 0.6 is 6.72 Å². The maximum absolute atomic E-state index is 14.7. The first-order valence-electron chi connectivity index (χ1n) is 8.43. The number of rotatable bonds is 6. The molecule has 4 atom stereocenters. The van der Waals surface area contributed by atoms with Crippen LogP contribution in [0, 0.1) is 5.92 Å². The zero-order valence-corrected chi connectivity index (χ0v) is 16.9. The summed E-state index contributed by atoms with van der Waals surface area (Å²) in [7, 11) is 0. The molecule has 12 nitrogen and oxygen atoms in total. The van der Waals surface area contributed by atoms with Gasteiger partial charge in [-0.05, 0) is 11.8 Å². The number of nitrogens with one attached hydrogen (secondary N) is 2. The van der Waals surface area contributed by atoms with Gasteiger partial charge in [0, 0.05) is 5.92 Å². The first-order chi connectivity index (χ1) is 13.5. The van der Waals surface area contributed by atoms with Crippen molar-refractivity contribution >= 4 is 41.5 Å². The van der Waals surface area contributed by atoms with Gasteiger partial charge >= 0.3 is 6.72 Å². The summed E-state index contributed by atoms with van der Waals surface area (Å²) in [5.41, 5.74) is -0.870. The standard InChI is InChI=1S/C14H19FN5O7PS/c1-5(2)11(22)18-14-17-10-8(12(23)19-14)16-4-20(10)13-7(15)9(21)6(27-13)3-26-28(24,25)29/h4-7,9,13,21H,3H2,1-2H3,(H2,24,25,29)(H2,17,18,19,22,23)/t6-,7-,9-,13-/m1/s1. The number of nitrogens with zero attached hydrogens (tertiary/aromatic N) is 3. The molecule has 0 aromatic carbocycles. The van der Waals surface area contributed by atoms with Crippen LogP contribution in [0.4, 0.5) is 10.3 Å². The molecule has 0 spiro atoms. The Morgan fingerprint density at radius 1 is 1.55 bits per heavy atom. The van der Waals surface area contributed by atoms with E-state index < -0.39 is 49.4 Å². The molecule has 1 aliphatic rings. The van der Waals surface area contributed by atoms with Crippen molar-refractivity contribution < 1.29 is 33.3 Å². The highest BCUT2D eigenvalue weighted by molar-refractivity contribution is 8.06. The van der Waals surface area contributed by atoms with Crippen molar-refractivity contribution in [3.63, 3.8) is 0 Å². The topological polar surface area (TPSA) is 172 Å². The minimum absolute atomic E-state index is 0.0799. The van der Waals surface area contributed by atoms with E-state index in [-0.39, 0.29) is 23.0 Å². The summed E-state index contributed by atoms with van der Waals surface area (Å²) >= 11 is 4.31. The van der Waals surface area contributed by atoms with Crippen LogP contribution in [0.15, 0.2) is 11.1 Å². The number of anilines is 1. The Kier molecular flexibility index (Phi) is 6.15. The van der Waals surface area contributed by atoms with Crippen LogP contribution in [-0.4, -0.2) is 65.3 Å². The van der Waals surface area contributed by atoms with Crippen LogP contribution in [0.5, 0.6) is 0 Å². The number of aromatic nitrogens is 4. The predicted octanol–water partition coefficient (Wildman–Crippen LogP) is -0.464. The number of fused-ring (bicyclic) bond motifs is 1. The number of hydrogen-bond acceptors (Lipinski definition) is 8. The molecule has 1 fully saturated rings. The van der Waals surface area contributed by atoms with E-state index in [0.29, 0.717) is 0 Å². The Bertz CT molecular complexity index is 1020. The minimum Gasteiger partial charge on any atom is -0.387 e. The molecule has 2 aromatic rings. The zero-order valence-electron chi connectivity index (χ0n) is 15.2. The van der Waals surface area contributed by atoms with Crippen LogP contribution in [0.2, 0.25) is 0 Å². The van der Waals surface area contributed by atoms with Crippen LogP contribution in [-0.2, 0) is 25.9 Å². The molecule has 15 heteroatoms. The number of carbonyl (C=O) groups excluding carboxylic acids is 1. The monoisotopic (exact) mass is 451 g/mol. The summed E-state index contributed by atoms with van der Waals surface area (Å²) in [6.45, 7) is -1.27. The summed E-state index contributed by atoms with van der Waals surface area (Å²) in [5.74, 6) is -0.920. The molecule has 1 saturated heterocycles. The van der Waals surface area contributed by atoms with E-state index in [9.17, 15) is 19.1 Å². The van der Waals surface area contributed by atoms with E-state index in [1.54, 1.807) is 13.8 Å². The lowest BCUT2D eigenvalue weighted by atomic mass is 10.1. The van der Waals surface area contributed by atoms with Gasteiger partial charge in [0.2, 0.25) is 11.9 Å². The fraction of sp³-hybridized carbons (Fsp3) is 0.571. The second-order valence-electron chi connectivity index (χ2n) is 6.67. The number of aromatic amines is 1. The first kappa shape index (κ1) is 21.9. The van der Waals surface area contributed by atoms with Gasteiger partial charge < -0.3 is 24.2 Å². The van der Waals surface area contributed by atoms with E-state index in [2.05, 4.69) is 36.6 Å². The zero-order chi connectivity index (χ0) is 21.5. The van der Waals surface area contributed by atoms with Crippen molar-refractivity contribution in [3.05, 3.63) is 16.7 Å². The van der Waals surface area contributed by atoms with Crippen molar-refractivity contribution in [2.75, 3.05) is 11.9 Å². The molecule has 0 aliphatic carbocycles. The van der Waals surface area contributed by atoms with Gasteiger partial charge in [0.1, 0.15) is 12.2 Å². The fourth-order valence-corrected chi connectivity index (χ4v) is 3.19. The van der Waals surface area contributed by atoms with E-state index in [1.165, 1.54) is 0 Å². The van der Waals surface area contributed by atoms with E-state index in [0.717, 1.165) is 10.9 Å². The summed E-state index contributed by atoms with van der Waals surface area (Å²) in [6, 6.07) is 0. The van der Waals surface area contributed by atoms with Crippen LogP contribution in [0.3, 0.4) is 0 Å². The molecule has 3 heterocycles. The first-order valence-corrected chi connectivity index (χ1v) is 11.1. The van der Waals surface area contributed by atoms with Gasteiger partial charge in [0.25, 0.3) is 5.56 Å². The Morgan fingerprint density at radius 2 is 2.24 bits per heavy atom. The second-order valence-corrected chi connectivity index (χ2v) is 9.34. The average molecular weight is 451 g/mol. The molecule has 3 rings (SSSR count). The number of halogens is 1. The highest BCUT2D eigenvalue weighted by atomic mass is 32.5. The third kappa shape index (κ3) is 4.69. The largest absolute Gasteiger partial charge is 0.387 e. The van der Waals surface area contributed by atoms with Crippen molar-refractivity contribution in [2.45, 2.75) is 38.5 Å². The maximum Gasteiger partial charge on any atom is 0.321 e.